The summed E-state index contributed by atoms with van der Waals surface area (Å²) in [6, 6.07) is 37.2. The lowest BCUT2D eigenvalue weighted by Gasteiger charge is -2.37. The number of carbonyl (C=O) groups excluding carboxylic acids is 2. The summed E-state index contributed by atoms with van der Waals surface area (Å²) in [6.07, 6.45) is -0.487. The molecule has 0 bridgehead atoms. The molecule has 0 radical (unpaired) electrons. The maximum atomic E-state index is 15.1. The lowest BCUT2D eigenvalue weighted by Crippen LogP contribution is -2.54. The molecule has 2 N–H and O–H groups in total. The Hall–Kier alpha value is -6.51. The van der Waals surface area contributed by atoms with Gasteiger partial charge in [-0.1, -0.05) is 102 Å². The highest BCUT2D eigenvalue weighted by Gasteiger charge is 2.37. The van der Waals surface area contributed by atoms with Crippen LogP contribution in [-0.4, -0.2) is 39.7 Å². The number of fused-ring (bicyclic) bond motifs is 2. The van der Waals surface area contributed by atoms with Crippen molar-refractivity contribution in [3.63, 3.8) is 0 Å². The van der Waals surface area contributed by atoms with Crippen molar-refractivity contribution in [2.75, 3.05) is 0 Å². The monoisotopic (exact) mass is 853 g/mol. The van der Waals surface area contributed by atoms with Crippen LogP contribution in [0.2, 0.25) is 10.0 Å². The third kappa shape index (κ3) is 9.45. The summed E-state index contributed by atoms with van der Waals surface area (Å²) in [4.78, 5) is 42.1. The molecule has 0 fully saturated rings. The number of nitriles is 1. The number of rotatable bonds is 12. The number of hydrogen-bond acceptors (Lipinski definition) is 7. The summed E-state index contributed by atoms with van der Waals surface area (Å²) in [5, 5.41) is 23.0. The number of amides is 1. The number of carboxylic acids is 1. The van der Waals surface area contributed by atoms with Gasteiger partial charge in [0.2, 0.25) is 5.91 Å². The Morgan fingerprint density at radius 3 is 2.26 bits per heavy atom. The van der Waals surface area contributed by atoms with Gasteiger partial charge in [0.1, 0.15) is 30.0 Å². The first-order chi connectivity index (χ1) is 29.5. The number of hydrogen-bond donors (Lipinski definition) is 2. The van der Waals surface area contributed by atoms with Crippen molar-refractivity contribution in [3.8, 4) is 28.7 Å². The minimum absolute atomic E-state index is 0.0357. The number of nitrogens with zero attached hydrogens (tertiary/aromatic N) is 2. The van der Waals surface area contributed by atoms with Crippen molar-refractivity contribution in [2.24, 2.45) is 0 Å². The minimum Gasteiger partial charge on any atom is -0.489 e. The van der Waals surface area contributed by atoms with Crippen LogP contribution in [0.3, 0.4) is 0 Å². The van der Waals surface area contributed by atoms with Gasteiger partial charge in [-0.05, 0) is 88.3 Å². The molecule has 6 aromatic rings. The van der Waals surface area contributed by atoms with E-state index in [0.29, 0.717) is 49.4 Å². The fraction of sp³-hybridized carbons (Fsp3) is 0.184. The molecule has 1 unspecified atom stereocenters. The van der Waals surface area contributed by atoms with Gasteiger partial charge >= 0.3 is 5.97 Å². The number of benzene rings is 6. The molecule has 0 aromatic heterocycles. The fourth-order valence-electron chi connectivity index (χ4n) is 7.78. The third-order valence-corrected chi connectivity index (χ3v) is 11.8. The van der Waals surface area contributed by atoms with Crippen LogP contribution in [0.4, 0.5) is 4.39 Å². The number of carboxylic acid groups (broad SMARTS) is 1. The Labute approximate surface area is 361 Å². The van der Waals surface area contributed by atoms with Crippen molar-refractivity contribution in [3.05, 3.63) is 188 Å². The third-order valence-electron chi connectivity index (χ3n) is 11.1. The molecule has 0 spiro atoms. The van der Waals surface area contributed by atoms with Crippen molar-refractivity contribution >= 4 is 40.9 Å². The second kappa shape index (κ2) is 18.0. The number of halogens is 3. The quantitative estimate of drug-likeness (QED) is 0.125. The van der Waals surface area contributed by atoms with E-state index >= 15 is 4.39 Å². The second-order valence-electron chi connectivity index (χ2n) is 15.2. The number of aliphatic carboxylic acids is 1. The summed E-state index contributed by atoms with van der Waals surface area (Å²) in [7, 11) is 0. The van der Waals surface area contributed by atoms with E-state index in [9.17, 15) is 19.5 Å². The molecule has 0 saturated heterocycles. The van der Waals surface area contributed by atoms with Gasteiger partial charge in [-0.2, -0.15) is 5.26 Å². The molecule has 2 aliphatic rings. The fourth-order valence-corrected chi connectivity index (χ4v) is 8.10. The SMILES string of the molecule is N#Cc1ccc(-c2ccc(C[C@H](NC(=O)[C@@H]3Cc4cc5c(cc4CN3Cc3ccccc3F)OC(c3ccc(OCc4ccc(Cl)c(Cl)c4)cc3)C(=O)C5)C(=O)O)cc2)cc1. The highest BCUT2D eigenvalue weighted by molar-refractivity contribution is 6.42. The normalized spacial score (nSPS) is 16.3. The van der Waals surface area contributed by atoms with E-state index in [-0.39, 0.29) is 44.7 Å². The van der Waals surface area contributed by atoms with E-state index in [0.717, 1.165) is 27.8 Å². The van der Waals surface area contributed by atoms with E-state index in [2.05, 4.69) is 11.4 Å². The molecule has 9 nitrogen and oxygen atoms in total. The number of ketones is 1. The smallest absolute Gasteiger partial charge is 0.326 e. The summed E-state index contributed by atoms with van der Waals surface area (Å²) in [6.45, 7) is 0.620. The van der Waals surface area contributed by atoms with Crippen LogP contribution < -0.4 is 14.8 Å². The molecule has 3 atom stereocenters. The highest BCUT2D eigenvalue weighted by atomic mass is 35.5. The van der Waals surface area contributed by atoms with Gasteiger partial charge < -0.3 is 19.9 Å². The predicted molar refractivity (Wildman–Crippen MR) is 229 cm³/mol. The van der Waals surface area contributed by atoms with Crippen LogP contribution in [0, 0.1) is 17.1 Å². The number of carbonyl (C=O) groups is 3. The lowest BCUT2D eigenvalue weighted by molar-refractivity contribution is -0.142. The maximum Gasteiger partial charge on any atom is 0.326 e. The van der Waals surface area contributed by atoms with Crippen molar-refractivity contribution in [1.82, 2.24) is 10.2 Å². The summed E-state index contributed by atoms with van der Waals surface area (Å²) in [5.41, 5.74) is 7.36. The Balaban J connectivity index is 0.984. The zero-order valence-electron chi connectivity index (χ0n) is 32.6. The van der Waals surface area contributed by atoms with E-state index in [1.165, 1.54) is 6.07 Å². The highest BCUT2D eigenvalue weighted by Crippen LogP contribution is 2.38. The molecular weight excluding hydrogens is 816 g/mol. The maximum absolute atomic E-state index is 15.1. The molecule has 306 valence electrons. The minimum atomic E-state index is -1.24. The van der Waals surface area contributed by atoms with Crippen LogP contribution >= 0.6 is 23.2 Å². The average Bonchev–Trinajstić information content (AvgIpc) is 3.26. The van der Waals surface area contributed by atoms with Crippen LogP contribution in [0.15, 0.2) is 127 Å². The molecule has 0 aliphatic carbocycles. The molecule has 2 aliphatic heterocycles. The first kappa shape index (κ1) is 41.2. The van der Waals surface area contributed by atoms with E-state index < -0.39 is 35.9 Å². The van der Waals surface area contributed by atoms with Gasteiger partial charge in [0.25, 0.3) is 0 Å². The second-order valence-corrected chi connectivity index (χ2v) is 16.0. The largest absolute Gasteiger partial charge is 0.489 e. The molecule has 1 amide bonds. The van der Waals surface area contributed by atoms with Gasteiger partial charge in [-0.15, -0.1) is 0 Å². The summed E-state index contributed by atoms with van der Waals surface area (Å²) in [5.74, 6) is -1.08. The average molecular weight is 855 g/mol. The molecule has 0 saturated carbocycles. The number of Topliss-reactive ketones (excluding diaryl/α,β-unsaturated/α-hetero) is 1. The first-order valence-corrected chi connectivity index (χ1v) is 20.4. The van der Waals surface area contributed by atoms with Gasteiger partial charge in [0, 0.05) is 42.6 Å². The Kier molecular flexibility index (Phi) is 12.2. The molecule has 6 aromatic carbocycles. The Morgan fingerprint density at radius 2 is 1.57 bits per heavy atom. The Morgan fingerprint density at radius 1 is 0.869 bits per heavy atom. The number of ether oxygens (including phenoxy) is 2. The van der Waals surface area contributed by atoms with Gasteiger partial charge in [0.15, 0.2) is 11.9 Å². The zero-order chi connectivity index (χ0) is 42.6. The molecule has 8 rings (SSSR count). The molecule has 2 heterocycles. The van der Waals surface area contributed by atoms with Gasteiger partial charge in [-0.3, -0.25) is 14.5 Å². The van der Waals surface area contributed by atoms with Gasteiger partial charge in [0.05, 0.1) is 27.7 Å². The zero-order valence-corrected chi connectivity index (χ0v) is 34.1. The topological polar surface area (TPSA) is 129 Å². The van der Waals surface area contributed by atoms with Crippen molar-refractivity contribution < 1.29 is 33.4 Å². The van der Waals surface area contributed by atoms with Gasteiger partial charge in [-0.25, -0.2) is 9.18 Å². The van der Waals surface area contributed by atoms with E-state index in [1.54, 1.807) is 66.7 Å². The van der Waals surface area contributed by atoms with E-state index in [4.69, 9.17) is 37.9 Å². The lowest BCUT2D eigenvalue weighted by atomic mass is 9.88. The van der Waals surface area contributed by atoms with Crippen LogP contribution in [0.5, 0.6) is 11.5 Å². The standard InChI is InChI=1S/C49H38Cl2FN3O6/c50-40-18-9-31(19-41(40)51)28-60-39-16-14-34(15-17-39)47-45(56)23-37-21-36-22-44(55(27-38(36)24-46(37)61-47)26-35-3-1-2-4-42(35)52)48(57)54-43(49(58)59)20-29-5-10-32(11-6-29)33-12-7-30(25-53)8-13-33/h1-19,21,24,43-44,47H,20,22-23,26-28H2,(H,54,57)(H,58,59)/t43-,44-,47?/m0/s1. The van der Waals surface area contributed by atoms with Crippen molar-refractivity contribution in [1.29, 1.82) is 5.26 Å². The predicted octanol–water partition coefficient (Wildman–Crippen LogP) is 9.23. The Bertz CT molecular complexity index is 2670. The van der Waals surface area contributed by atoms with Crippen LogP contribution in [0.25, 0.3) is 11.1 Å². The molecular formula is C49H38Cl2FN3O6. The first-order valence-electron chi connectivity index (χ1n) is 19.6. The molecule has 61 heavy (non-hydrogen) atoms. The van der Waals surface area contributed by atoms with E-state index in [1.807, 2.05) is 59.5 Å². The summed E-state index contributed by atoms with van der Waals surface area (Å²) >= 11 is 12.2. The van der Waals surface area contributed by atoms with Crippen LogP contribution in [-0.2, 0) is 53.3 Å². The number of nitrogens with one attached hydrogen (secondary N) is 1. The van der Waals surface area contributed by atoms with Crippen LogP contribution in [0.1, 0.15) is 50.6 Å². The van der Waals surface area contributed by atoms with Crippen molar-refractivity contribution in [2.45, 2.75) is 57.1 Å². The summed E-state index contributed by atoms with van der Waals surface area (Å²) < 4.78 is 27.3. The molecule has 12 heteroatoms.